The molecule has 1 saturated heterocycles. The largest absolute Gasteiger partial charge is 0.507 e. The van der Waals surface area contributed by atoms with Gasteiger partial charge in [-0.1, -0.05) is 6.92 Å². The Balaban J connectivity index is 1.77. The molecule has 5 heteroatoms. The third-order valence-corrected chi connectivity index (χ3v) is 6.92. The lowest BCUT2D eigenvalue weighted by Gasteiger charge is -2.29. The number of rotatable bonds is 4. The standard InChI is InChI=1S/C23H29N3OS/c1-4-16-12-25-22(19-7-8-20-18(23(19)27)9-11-28-20)15(3)14(2)21(16)26-17-6-5-10-24-13-17/h7-9,11-12,16-17,24,26-27H,4-6,10,13H2,1-3H3/t16?,17-/m1/s1. The second-order valence-corrected chi connectivity index (χ2v) is 8.73. The van der Waals surface area contributed by atoms with E-state index in [0.717, 1.165) is 46.4 Å². The van der Waals surface area contributed by atoms with E-state index < -0.39 is 0 Å². The first kappa shape index (κ1) is 19.2. The highest BCUT2D eigenvalue weighted by molar-refractivity contribution is 7.17. The second kappa shape index (κ2) is 8.10. The molecule has 2 aromatic rings. The zero-order valence-corrected chi connectivity index (χ0v) is 17.7. The number of aliphatic imine (C=N–C) groups is 1. The fourth-order valence-corrected chi connectivity index (χ4v) is 4.99. The van der Waals surface area contributed by atoms with Crippen LogP contribution in [-0.4, -0.2) is 30.5 Å². The highest BCUT2D eigenvalue weighted by atomic mass is 32.1. The third-order valence-electron chi connectivity index (χ3n) is 6.03. The Morgan fingerprint density at radius 1 is 1.25 bits per heavy atom. The molecule has 148 valence electrons. The lowest BCUT2D eigenvalue weighted by atomic mass is 9.94. The highest BCUT2D eigenvalue weighted by Gasteiger charge is 2.24. The van der Waals surface area contributed by atoms with Gasteiger partial charge < -0.3 is 15.7 Å². The molecule has 1 unspecified atom stereocenters. The van der Waals surface area contributed by atoms with Crippen molar-refractivity contribution in [2.24, 2.45) is 10.9 Å². The highest BCUT2D eigenvalue weighted by Crippen LogP contribution is 2.40. The summed E-state index contributed by atoms with van der Waals surface area (Å²) < 4.78 is 1.10. The summed E-state index contributed by atoms with van der Waals surface area (Å²) in [6.07, 6.45) is 5.47. The van der Waals surface area contributed by atoms with Gasteiger partial charge in [-0.25, -0.2) is 0 Å². The van der Waals surface area contributed by atoms with E-state index in [4.69, 9.17) is 4.99 Å². The van der Waals surface area contributed by atoms with Gasteiger partial charge in [-0.15, -0.1) is 11.3 Å². The fraction of sp³-hybridized carbons (Fsp3) is 0.435. The van der Waals surface area contributed by atoms with Crippen LogP contribution in [0, 0.1) is 5.92 Å². The maximum absolute atomic E-state index is 10.9. The minimum absolute atomic E-state index is 0.265. The molecule has 28 heavy (non-hydrogen) atoms. The molecule has 3 N–H and O–H groups in total. The van der Waals surface area contributed by atoms with E-state index in [2.05, 4.69) is 43.7 Å². The SMILES string of the molecule is CCC1C=NC(c2ccc3sccc3c2O)=C(C)C(C)=C1N[C@@H]1CCCNC1. The summed E-state index contributed by atoms with van der Waals surface area (Å²) in [5, 5.41) is 21.1. The van der Waals surface area contributed by atoms with Crippen molar-refractivity contribution in [3.8, 4) is 5.75 Å². The minimum Gasteiger partial charge on any atom is -0.507 e. The monoisotopic (exact) mass is 395 g/mol. The number of phenolic OH excluding ortho intramolecular Hbond substituents is 1. The van der Waals surface area contributed by atoms with Crippen LogP contribution in [0.3, 0.4) is 0 Å². The minimum atomic E-state index is 0.265. The van der Waals surface area contributed by atoms with E-state index in [1.54, 1.807) is 11.3 Å². The molecular weight excluding hydrogens is 366 g/mol. The fourth-order valence-electron chi connectivity index (χ4n) is 4.20. The molecule has 0 spiro atoms. The maximum atomic E-state index is 10.9. The lowest BCUT2D eigenvalue weighted by Crippen LogP contribution is -2.44. The van der Waals surface area contributed by atoms with Gasteiger partial charge in [-0.2, -0.15) is 0 Å². The van der Waals surface area contributed by atoms with Crippen LogP contribution in [0.15, 0.2) is 45.4 Å². The van der Waals surface area contributed by atoms with Gasteiger partial charge in [0, 0.05) is 46.1 Å². The van der Waals surface area contributed by atoms with Gasteiger partial charge in [-0.3, -0.25) is 4.99 Å². The van der Waals surface area contributed by atoms with Crippen LogP contribution in [0.1, 0.15) is 45.6 Å². The van der Waals surface area contributed by atoms with Crippen molar-refractivity contribution in [1.29, 1.82) is 0 Å². The summed E-state index contributed by atoms with van der Waals surface area (Å²) in [5.41, 5.74) is 5.34. The number of nitrogens with one attached hydrogen (secondary N) is 2. The van der Waals surface area contributed by atoms with Crippen molar-refractivity contribution < 1.29 is 5.11 Å². The van der Waals surface area contributed by atoms with E-state index in [1.807, 2.05) is 17.5 Å². The molecule has 2 aliphatic rings. The van der Waals surface area contributed by atoms with Crippen molar-refractivity contribution in [1.82, 2.24) is 10.6 Å². The zero-order chi connectivity index (χ0) is 19.7. The van der Waals surface area contributed by atoms with Crippen LogP contribution in [0.5, 0.6) is 5.75 Å². The van der Waals surface area contributed by atoms with E-state index >= 15 is 0 Å². The Bertz CT molecular complexity index is 963. The molecule has 3 heterocycles. The summed E-state index contributed by atoms with van der Waals surface area (Å²) in [5.74, 6) is 0.598. The van der Waals surface area contributed by atoms with Crippen LogP contribution in [0.25, 0.3) is 15.8 Å². The quantitative estimate of drug-likeness (QED) is 0.678. The number of benzene rings is 1. The normalized spacial score (nSPS) is 23.4. The molecule has 4 rings (SSSR count). The summed E-state index contributed by atoms with van der Waals surface area (Å²) >= 11 is 1.65. The number of allylic oxidation sites excluding steroid dienone is 3. The topological polar surface area (TPSA) is 56.7 Å². The Hall–Kier alpha value is -2.11. The number of hydrogen-bond donors (Lipinski definition) is 3. The number of aromatic hydroxyl groups is 1. The van der Waals surface area contributed by atoms with Crippen LogP contribution in [0.4, 0.5) is 0 Å². The number of phenols is 1. The molecule has 0 bridgehead atoms. The Labute approximate surface area is 171 Å². The number of hydrogen-bond acceptors (Lipinski definition) is 5. The summed E-state index contributed by atoms with van der Waals surface area (Å²) in [6.45, 7) is 8.64. The second-order valence-electron chi connectivity index (χ2n) is 7.79. The van der Waals surface area contributed by atoms with Gasteiger partial charge in [-0.05, 0) is 74.4 Å². The summed E-state index contributed by atoms with van der Waals surface area (Å²) in [4.78, 5) is 4.87. The third kappa shape index (κ3) is 3.49. The first-order valence-corrected chi connectivity index (χ1v) is 11.1. The molecule has 0 radical (unpaired) electrons. The van der Waals surface area contributed by atoms with Crippen molar-refractivity contribution in [2.45, 2.75) is 46.1 Å². The molecule has 1 fully saturated rings. The molecule has 0 amide bonds. The average Bonchev–Trinajstić information content (AvgIpc) is 3.17. The van der Waals surface area contributed by atoms with Gasteiger partial charge >= 0.3 is 0 Å². The Morgan fingerprint density at radius 2 is 2.11 bits per heavy atom. The zero-order valence-electron chi connectivity index (χ0n) is 16.9. The molecule has 1 aromatic carbocycles. The number of thiophene rings is 1. The molecular formula is C23H29N3OS. The molecule has 2 atom stereocenters. The lowest BCUT2D eigenvalue weighted by molar-refractivity contribution is 0.403. The van der Waals surface area contributed by atoms with Gasteiger partial charge in [0.1, 0.15) is 5.75 Å². The smallest absolute Gasteiger partial charge is 0.133 e. The summed E-state index contributed by atoms with van der Waals surface area (Å²) in [7, 11) is 0. The molecule has 1 aromatic heterocycles. The van der Waals surface area contributed by atoms with Gasteiger partial charge in [0.2, 0.25) is 0 Å². The predicted molar refractivity (Wildman–Crippen MR) is 120 cm³/mol. The first-order chi connectivity index (χ1) is 13.6. The first-order valence-electron chi connectivity index (χ1n) is 10.2. The van der Waals surface area contributed by atoms with Crippen LogP contribution >= 0.6 is 11.3 Å². The van der Waals surface area contributed by atoms with Crippen LogP contribution < -0.4 is 10.6 Å². The van der Waals surface area contributed by atoms with Gasteiger partial charge in [0.15, 0.2) is 0 Å². The van der Waals surface area contributed by atoms with Crippen molar-refractivity contribution in [3.63, 3.8) is 0 Å². The van der Waals surface area contributed by atoms with Crippen LogP contribution in [0.2, 0.25) is 0 Å². The van der Waals surface area contributed by atoms with Crippen molar-refractivity contribution >= 4 is 33.3 Å². The number of nitrogens with zero attached hydrogens (tertiary/aromatic N) is 1. The Kier molecular flexibility index (Phi) is 5.56. The van der Waals surface area contributed by atoms with E-state index in [1.165, 1.54) is 24.1 Å². The van der Waals surface area contributed by atoms with Crippen molar-refractivity contribution in [3.05, 3.63) is 46.0 Å². The molecule has 4 nitrogen and oxygen atoms in total. The Morgan fingerprint density at radius 3 is 2.86 bits per heavy atom. The van der Waals surface area contributed by atoms with Gasteiger partial charge in [0.25, 0.3) is 0 Å². The molecule has 0 aliphatic carbocycles. The van der Waals surface area contributed by atoms with Gasteiger partial charge in [0.05, 0.1) is 5.70 Å². The molecule has 2 aliphatic heterocycles. The van der Waals surface area contributed by atoms with E-state index in [-0.39, 0.29) is 5.92 Å². The average molecular weight is 396 g/mol. The van der Waals surface area contributed by atoms with E-state index in [0.29, 0.717) is 11.8 Å². The van der Waals surface area contributed by atoms with Crippen LogP contribution in [-0.2, 0) is 0 Å². The van der Waals surface area contributed by atoms with Crippen molar-refractivity contribution in [2.75, 3.05) is 13.1 Å². The molecule has 0 saturated carbocycles. The summed E-state index contributed by atoms with van der Waals surface area (Å²) in [6, 6.07) is 6.53. The van der Waals surface area contributed by atoms with E-state index in [9.17, 15) is 5.11 Å². The number of piperidine rings is 1. The predicted octanol–water partition coefficient (Wildman–Crippen LogP) is 5.06. The maximum Gasteiger partial charge on any atom is 0.133 e. The number of fused-ring (bicyclic) bond motifs is 1.